The Hall–Kier alpha value is -0.610. The minimum atomic E-state index is -0.689. The van der Waals surface area contributed by atoms with Crippen LogP contribution in [0.3, 0.4) is 0 Å². The third-order valence-corrected chi connectivity index (χ3v) is 3.63. The zero-order chi connectivity index (χ0) is 13.5. The Bertz CT molecular complexity index is 225. The molecular weight excluding hydrogens is 218 g/mol. The zero-order valence-electron chi connectivity index (χ0n) is 11.8. The van der Waals surface area contributed by atoms with E-state index in [1.807, 2.05) is 13.8 Å². The lowest BCUT2D eigenvalue weighted by Gasteiger charge is -2.36. The van der Waals surface area contributed by atoms with E-state index in [1.165, 1.54) is 0 Å². The van der Waals surface area contributed by atoms with E-state index in [0.717, 1.165) is 6.54 Å². The average Bonchev–Trinajstić information content (AvgIpc) is 2.29. The van der Waals surface area contributed by atoms with Gasteiger partial charge in [0.25, 0.3) is 0 Å². The first-order valence-corrected chi connectivity index (χ1v) is 6.39. The Kier molecular flexibility index (Phi) is 7.39. The lowest BCUT2D eigenvalue weighted by Crippen LogP contribution is -2.46. The van der Waals surface area contributed by atoms with Crippen molar-refractivity contribution in [3.05, 3.63) is 0 Å². The molecule has 0 aromatic rings. The van der Waals surface area contributed by atoms with Gasteiger partial charge >= 0.3 is 5.97 Å². The van der Waals surface area contributed by atoms with Crippen LogP contribution in [0.5, 0.6) is 0 Å². The molecule has 0 aromatic heterocycles. The summed E-state index contributed by atoms with van der Waals surface area (Å²) in [7, 11) is 1.67. The van der Waals surface area contributed by atoms with Gasteiger partial charge in [-0.05, 0) is 26.7 Å². The summed E-state index contributed by atoms with van der Waals surface area (Å²) in [5, 5.41) is 9.42. The maximum atomic E-state index is 11.5. The molecule has 0 bridgehead atoms. The maximum Gasteiger partial charge on any atom is 0.310 e. The number of hydrogen-bond donors (Lipinski definition) is 1. The van der Waals surface area contributed by atoms with Crippen LogP contribution >= 0.6 is 0 Å². The Morgan fingerprint density at radius 2 is 1.88 bits per heavy atom. The molecule has 0 amide bonds. The smallest absolute Gasteiger partial charge is 0.310 e. The first-order valence-electron chi connectivity index (χ1n) is 6.39. The predicted octanol–water partition coefficient (Wildman–Crippen LogP) is 2.23. The van der Waals surface area contributed by atoms with Gasteiger partial charge in [-0.15, -0.1) is 0 Å². The van der Waals surface area contributed by atoms with Gasteiger partial charge < -0.3 is 9.84 Å². The van der Waals surface area contributed by atoms with E-state index in [-0.39, 0.29) is 0 Å². The lowest BCUT2D eigenvalue weighted by molar-refractivity contribution is -0.151. The van der Waals surface area contributed by atoms with Crippen molar-refractivity contribution < 1.29 is 14.6 Å². The fourth-order valence-electron chi connectivity index (χ4n) is 1.96. The predicted molar refractivity (Wildman–Crippen MR) is 69.2 cm³/mol. The third-order valence-electron chi connectivity index (χ3n) is 3.63. The zero-order valence-corrected chi connectivity index (χ0v) is 11.8. The van der Waals surface area contributed by atoms with Gasteiger partial charge in [-0.1, -0.05) is 13.8 Å². The first kappa shape index (κ1) is 16.4. The summed E-state index contributed by atoms with van der Waals surface area (Å²) in [6.45, 7) is 10.1. The average molecular weight is 245 g/mol. The minimum absolute atomic E-state index is 0.335. The van der Waals surface area contributed by atoms with E-state index in [1.54, 1.807) is 7.11 Å². The molecule has 0 unspecified atom stereocenters. The maximum absolute atomic E-state index is 11.5. The second-order valence-electron chi connectivity index (χ2n) is 4.85. The van der Waals surface area contributed by atoms with Gasteiger partial charge in [0.05, 0.1) is 12.0 Å². The molecule has 0 rings (SSSR count). The highest BCUT2D eigenvalue weighted by Gasteiger charge is 2.37. The van der Waals surface area contributed by atoms with Crippen molar-refractivity contribution in [2.24, 2.45) is 5.41 Å². The Morgan fingerprint density at radius 1 is 1.35 bits per heavy atom. The molecule has 0 saturated heterocycles. The number of aliphatic carboxylic acids is 1. The van der Waals surface area contributed by atoms with Crippen LogP contribution in [0.25, 0.3) is 0 Å². The number of rotatable bonds is 9. The molecule has 0 aromatic carbocycles. The summed E-state index contributed by atoms with van der Waals surface area (Å²) in [5.74, 6) is -0.689. The summed E-state index contributed by atoms with van der Waals surface area (Å²) in [5.41, 5.74) is -0.627. The number of carboxylic acid groups (broad SMARTS) is 1. The van der Waals surface area contributed by atoms with Crippen LogP contribution in [0.1, 0.15) is 40.5 Å². The quantitative estimate of drug-likeness (QED) is 0.677. The van der Waals surface area contributed by atoms with Crippen molar-refractivity contribution in [2.45, 2.75) is 46.6 Å². The van der Waals surface area contributed by atoms with Crippen molar-refractivity contribution in [2.75, 3.05) is 26.8 Å². The monoisotopic (exact) mass is 245 g/mol. The molecule has 17 heavy (non-hydrogen) atoms. The normalized spacial score (nSPS) is 12.4. The molecule has 1 N–H and O–H groups in total. The van der Waals surface area contributed by atoms with Crippen LogP contribution in [-0.4, -0.2) is 48.8 Å². The SMILES string of the molecule is CCC(CC)(CN(CCOC)C(C)C)C(=O)O. The van der Waals surface area contributed by atoms with E-state index in [2.05, 4.69) is 18.7 Å². The van der Waals surface area contributed by atoms with Crippen LogP contribution < -0.4 is 0 Å². The highest BCUT2D eigenvalue weighted by Crippen LogP contribution is 2.28. The first-order chi connectivity index (χ1) is 7.93. The molecular formula is C13H27NO3. The molecule has 102 valence electrons. The van der Waals surface area contributed by atoms with Crippen molar-refractivity contribution >= 4 is 5.97 Å². The molecule has 4 nitrogen and oxygen atoms in total. The standard InChI is InChI=1S/C13H27NO3/c1-6-13(7-2,12(15)16)10-14(11(3)4)8-9-17-5/h11H,6-10H2,1-5H3,(H,15,16). The summed E-state index contributed by atoms with van der Waals surface area (Å²) in [6.07, 6.45) is 1.32. The largest absolute Gasteiger partial charge is 0.481 e. The molecule has 0 aliphatic carbocycles. The van der Waals surface area contributed by atoms with Crippen molar-refractivity contribution in [1.29, 1.82) is 0 Å². The van der Waals surface area contributed by atoms with Gasteiger partial charge in [0.1, 0.15) is 0 Å². The van der Waals surface area contributed by atoms with Gasteiger partial charge in [0, 0.05) is 26.2 Å². The Labute approximate surface area is 105 Å². The number of hydrogen-bond acceptors (Lipinski definition) is 3. The van der Waals surface area contributed by atoms with Gasteiger partial charge in [0.2, 0.25) is 0 Å². The molecule has 0 saturated carbocycles. The number of carboxylic acids is 1. The van der Waals surface area contributed by atoms with Gasteiger partial charge in [-0.2, -0.15) is 0 Å². The highest BCUT2D eigenvalue weighted by atomic mass is 16.5. The van der Waals surface area contributed by atoms with Crippen molar-refractivity contribution in [3.8, 4) is 0 Å². The summed E-state index contributed by atoms with van der Waals surface area (Å²) < 4.78 is 5.08. The molecule has 0 spiro atoms. The van der Waals surface area contributed by atoms with E-state index in [9.17, 15) is 9.90 Å². The fourth-order valence-corrected chi connectivity index (χ4v) is 1.96. The van der Waals surface area contributed by atoms with Crippen LogP contribution in [0.4, 0.5) is 0 Å². The molecule has 0 atom stereocenters. The van der Waals surface area contributed by atoms with E-state index in [4.69, 9.17) is 4.74 Å². The number of nitrogens with zero attached hydrogens (tertiary/aromatic N) is 1. The Balaban J connectivity index is 4.73. The van der Waals surface area contributed by atoms with Crippen LogP contribution in [0.2, 0.25) is 0 Å². The molecule has 0 aliphatic heterocycles. The highest BCUT2D eigenvalue weighted by molar-refractivity contribution is 5.74. The number of methoxy groups -OCH3 is 1. The van der Waals surface area contributed by atoms with E-state index < -0.39 is 11.4 Å². The molecule has 4 heteroatoms. The fraction of sp³-hybridized carbons (Fsp3) is 0.923. The molecule has 0 aliphatic rings. The topological polar surface area (TPSA) is 49.8 Å². The van der Waals surface area contributed by atoms with Gasteiger partial charge in [0.15, 0.2) is 0 Å². The molecule has 0 heterocycles. The summed E-state index contributed by atoms with van der Waals surface area (Å²) in [6, 6.07) is 0.335. The number of carbonyl (C=O) groups is 1. The minimum Gasteiger partial charge on any atom is -0.481 e. The van der Waals surface area contributed by atoms with E-state index in [0.29, 0.717) is 32.0 Å². The third kappa shape index (κ3) is 4.64. The summed E-state index contributed by atoms with van der Waals surface area (Å²) >= 11 is 0. The van der Waals surface area contributed by atoms with Crippen molar-refractivity contribution in [3.63, 3.8) is 0 Å². The van der Waals surface area contributed by atoms with Crippen LogP contribution in [-0.2, 0) is 9.53 Å². The van der Waals surface area contributed by atoms with Crippen molar-refractivity contribution in [1.82, 2.24) is 4.90 Å². The molecule has 0 radical (unpaired) electrons. The summed E-state index contributed by atoms with van der Waals surface area (Å²) in [4.78, 5) is 13.6. The Morgan fingerprint density at radius 3 is 2.18 bits per heavy atom. The second kappa shape index (κ2) is 7.67. The van der Waals surface area contributed by atoms with Crippen LogP contribution in [0, 0.1) is 5.41 Å². The molecule has 0 fully saturated rings. The van der Waals surface area contributed by atoms with E-state index >= 15 is 0 Å². The van der Waals surface area contributed by atoms with Gasteiger partial charge in [-0.3, -0.25) is 9.69 Å². The number of ether oxygens (including phenoxy) is 1. The lowest BCUT2D eigenvalue weighted by atomic mass is 9.81. The second-order valence-corrected chi connectivity index (χ2v) is 4.85. The van der Waals surface area contributed by atoms with Gasteiger partial charge in [-0.25, -0.2) is 0 Å². The van der Waals surface area contributed by atoms with Crippen LogP contribution in [0.15, 0.2) is 0 Å².